The summed E-state index contributed by atoms with van der Waals surface area (Å²) in [5.41, 5.74) is -0.316. The molecule has 0 bridgehead atoms. The Bertz CT molecular complexity index is 1400. The van der Waals surface area contributed by atoms with Crippen LogP contribution in [0.15, 0.2) is 81.1 Å². The minimum Gasteiger partial charge on any atom is -0.496 e. The zero-order valence-electron chi connectivity index (χ0n) is 16.6. The van der Waals surface area contributed by atoms with E-state index < -0.39 is 17.3 Å². The molecule has 32 heavy (non-hydrogen) atoms. The molecule has 0 amide bonds. The fourth-order valence-electron chi connectivity index (χ4n) is 3.18. The Hall–Kier alpha value is -3.46. The van der Waals surface area contributed by atoms with E-state index in [0.717, 1.165) is 21.3 Å². The summed E-state index contributed by atoms with van der Waals surface area (Å²) in [4.78, 5) is 17.6. The van der Waals surface area contributed by atoms with Crippen molar-refractivity contribution >= 4 is 33.0 Å². The van der Waals surface area contributed by atoms with Crippen molar-refractivity contribution in [1.29, 1.82) is 0 Å². The van der Waals surface area contributed by atoms with Crippen molar-refractivity contribution in [3.05, 3.63) is 92.7 Å². The molecular formula is C23H15BrF3N3O2. The molecule has 4 rings (SSSR count). The van der Waals surface area contributed by atoms with Crippen molar-refractivity contribution in [2.24, 2.45) is 5.10 Å². The second-order valence-corrected chi connectivity index (χ2v) is 7.69. The Morgan fingerprint density at radius 2 is 1.84 bits per heavy atom. The van der Waals surface area contributed by atoms with E-state index in [9.17, 15) is 18.0 Å². The highest BCUT2D eigenvalue weighted by molar-refractivity contribution is 9.10. The molecule has 0 atom stereocenters. The highest BCUT2D eigenvalue weighted by Gasteiger charge is 2.31. The maximum Gasteiger partial charge on any atom is 0.416 e. The molecule has 3 aromatic carbocycles. The van der Waals surface area contributed by atoms with Crippen LogP contribution in [0.5, 0.6) is 5.75 Å². The largest absolute Gasteiger partial charge is 0.496 e. The average Bonchev–Trinajstić information content (AvgIpc) is 2.78. The van der Waals surface area contributed by atoms with Gasteiger partial charge in [0.15, 0.2) is 5.82 Å². The van der Waals surface area contributed by atoms with Gasteiger partial charge in [-0.2, -0.15) is 22.9 Å². The van der Waals surface area contributed by atoms with Crippen molar-refractivity contribution in [2.45, 2.75) is 6.18 Å². The number of fused-ring (bicyclic) bond motifs is 1. The van der Waals surface area contributed by atoms with E-state index in [-0.39, 0.29) is 11.4 Å². The molecule has 0 aliphatic carbocycles. The first-order valence-electron chi connectivity index (χ1n) is 9.35. The number of ether oxygens (including phenoxy) is 1. The molecule has 0 aliphatic rings. The van der Waals surface area contributed by atoms with E-state index in [1.54, 1.807) is 42.5 Å². The lowest BCUT2D eigenvalue weighted by Gasteiger charge is -2.12. The van der Waals surface area contributed by atoms with Gasteiger partial charge in [-0.05, 0) is 42.5 Å². The van der Waals surface area contributed by atoms with Gasteiger partial charge in [0.05, 0.1) is 29.8 Å². The minimum atomic E-state index is -4.54. The van der Waals surface area contributed by atoms with Crippen LogP contribution in [0.2, 0.25) is 0 Å². The molecule has 0 N–H and O–H groups in total. The fourth-order valence-corrected chi connectivity index (χ4v) is 3.56. The topological polar surface area (TPSA) is 56.5 Å². The first-order chi connectivity index (χ1) is 15.3. The Labute approximate surface area is 188 Å². The first-order valence-corrected chi connectivity index (χ1v) is 10.1. The SMILES string of the molecule is COc1ccc(Br)cc1C=Nn1c(-c2cccc(C(F)(F)F)c2)nc2ccccc2c1=O. The number of hydrogen-bond donors (Lipinski definition) is 0. The van der Waals surface area contributed by atoms with Crippen molar-refractivity contribution in [2.75, 3.05) is 7.11 Å². The van der Waals surface area contributed by atoms with Crippen LogP contribution in [0.25, 0.3) is 22.3 Å². The van der Waals surface area contributed by atoms with Gasteiger partial charge in [-0.25, -0.2) is 4.98 Å². The molecule has 0 fully saturated rings. The smallest absolute Gasteiger partial charge is 0.416 e. The standard InChI is InChI=1S/C23H15BrF3N3O2/c1-32-20-10-9-17(24)12-15(20)13-28-30-21(14-5-4-6-16(11-14)23(25,26)27)29-19-8-3-2-7-18(19)22(30)31/h2-13H,1H3. The molecular weight excluding hydrogens is 487 g/mol. The van der Waals surface area contributed by atoms with E-state index in [4.69, 9.17) is 4.74 Å². The van der Waals surface area contributed by atoms with Crippen LogP contribution in [-0.4, -0.2) is 23.0 Å². The molecule has 0 radical (unpaired) electrons. The Kier molecular flexibility index (Phi) is 5.84. The second-order valence-electron chi connectivity index (χ2n) is 6.78. The van der Waals surface area contributed by atoms with Crippen molar-refractivity contribution < 1.29 is 17.9 Å². The first kappa shape index (κ1) is 21.8. The number of para-hydroxylation sites is 1. The van der Waals surface area contributed by atoms with Gasteiger partial charge in [0.1, 0.15) is 5.75 Å². The normalized spacial score (nSPS) is 11.9. The summed E-state index contributed by atoms with van der Waals surface area (Å²) in [7, 11) is 1.50. The van der Waals surface area contributed by atoms with Crippen LogP contribution in [-0.2, 0) is 6.18 Å². The van der Waals surface area contributed by atoms with Gasteiger partial charge in [-0.3, -0.25) is 4.79 Å². The van der Waals surface area contributed by atoms with E-state index in [1.807, 2.05) is 0 Å². The summed E-state index contributed by atoms with van der Waals surface area (Å²) < 4.78 is 46.9. The van der Waals surface area contributed by atoms with Crippen LogP contribution in [0.4, 0.5) is 13.2 Å². The molecule has 4 aromatic rings. The van der Waals surface area contributed by atoms with Gasteiger partial charge < -0.3 is 4.74 Å². The summed E-state index contributed by atoms with van der Waals surface area (Å²) >= 11 is 3.37. The van der Waals surface area contributed by atoms with Crippen LogP contribution in [0, 0.1) is 0 Å². The number of hydrogen-bond acceptors (Lipinski definition) is 4. The van der Waals surface area contributed by atoms with Crippen molar-refractivity contribution in [1.82, 2.24) is 9.66 Å². The summed E-state index contributed by atoms with van der Waals surface area (Å²) in [6.07, 6.45) is -3.14. The summed E-state index contributed by atoms with van der Waals surface area (Å²) in [6.45, 7) is 0. The number of alkyl halides is 3. The predicted molar refractivity (Wildman–Crippen MR) is 120 cm³/mol. The van der Waals surface area contributed by atoms with E-state index in [0.29, 0.717) is 22.2 Å². The van der Waals surface area contributed by atoms with Crippen LogP contribution < -0.4 is 10.3 Å². The molecule has 162 valence electrons. The Balaban J connectivity index is 1.95. The number of rotatable bonds is 4. The van der Waals surface area contributed by atoms with Crippen LogP contribution in [0.3, 0.4) is 0 Å². The second kappa shape index (κ2) is 8.58. The van der Waals surface area contributed by atoms with Gasteiger partial charge in [0.2, 0.25) is 0 Å². The van der Waals surface area contributed by atoms with Crippen LogP contribution >= 0.6 is 15.9 Å². The number of methoxy groups -OCH3 is 1. The van der Waals surface area contributed by atoms with Gasteiger partial charge >= 0.3 is 6.18 Å². The van der Waals surface area contributed by atoms with E-state index in [1.165, 1.54) is 25.5 Å². The monoisotopic (exact) mass is 501 g/mol. The van der Waals surface area contributed by atoms with Gasteiger partial charge in [-0.1, -0.05) is 40.2 Å². The zero-order chi connectivity index (χ0) is 22.9. The number of halogens is 4. The quantitative estimate of drug-likeness (QED) is 0.335. The number of aromatic nitrogens is 2. The molecule has 0 unspecified atom stereocenters. The fraction of sp³-hybridized carbons (Fsp3) is 0.0870. The van der Waals surface area contributed by atoms with Gasteiger partial charge in [0.25, 0.3) is 5.56 Å². The molecule has 9 heteroatoms. The lowest BCUT2D eigenvalue weighted by atomic mass is 10.1. The Morgan fingerprint density at radius 3 is 2.59 bits per heavy atom. The lowest BCUT2D eigenvalue weighted by Crippen LogP contribution is -2.20. The van der Waals surface area contributed by atoms with Gasteiger partial charge in [-0.15, -0.1) is 0 Å². The highest BCUT2D eigenvalue weighted by atomic mass is 79.9. The highest BCUT2D eigenvalue weighted by Crippen LogP contribution is 2.32. The molecule has 0 aliphatic heterocycles. The summed E-state index contributed by atoms with van der Waals surface area (Å²) in [5.74, 6) is 0.504. The van der Waals surface area contributed by atoms with E-state index in [2.05, 4.69) is 26.0 Å². The third-order valence-corrected chi connectivity index (χ3v) is 5.20. The molecule has 1 heterocycles. The number of nitrogens with zero attached hydrogens (tertiary/aromatic N) is 3. The van der Waals surface area contributed by atoms with Crippen LogP contribution in [0.1, 0.15) is 11.1 Å². The molecule has 0 saturated heterocycles. The zero-order valence-corrected chi connectivity index (χ0v) is 18.2. The summed E-state index contributed by atoms with van der Waals surface area (Å²) in [5, 5.41) is 4.57. The number of benzene rings is 3. The summed E-state index contributed by atoms with van der Waals surface area (Å²) in [6, 6.07) is 16.5. The molecule has 5 nitrogen and oxygen atoms in total. The van der Waals surface area contributed by atoms with E-state index >= 15 is 0 Å². The molecule has 0 saturated carbocycles. The Morgan fingerprint density at radius 1 is 1.06 bits per heavy atom. The van der Waals surface area contributed by atoms with Crippen molar-refractivity contribution in [3.63, 3.8) is 0 Å². The third-order valence-electron chi connectivity index (χ3n) is 4.71. The maximum absolute atomic E-state index is 13.3. The minimum absolute atomic E-state index is 0.00925. The van der Waals surface area contributed by atoms with Gasteiger partial charge in [0, 0.05) is 15.6 Å². The molecule has 0 spiro atoms. The average molecular weight is 502 g/mol. The molecule has 1 aromatic heterocycles. The third kappa shape index (κ3) is 4.29. The maximum atomic E-state index is 13.3. The van der Waals surface area contributed by atoms with Crippen molar-refractivity contribution in [3.8, 4) is 17.1 Å². The predicted octanol–water partition coefficient (Wildman–Crippen LogP) is 5.74. The lowest BCUT2D eigenvalue weighted by molar-refractivity contribution is -0.137.